The zero-order chi connectivity index (χ0) is 28.5. The highest BCUT2D eigenvalue weighted by molar-refractivity contribution is 6.08. The van der Waals surface area contributed by atoms with Crippen molar-refractivity contribution in [2.45, 2.75) is 25.6 Å². The van der Waals surface area contributed by atoms with E-state index in [0.717, 1.165) is 12.1 Å². The molecular weight excluding hydrogens is 530 g/mol. The highest BCUT2D eigenvalue weighted by Gasteiger charge is 2.44. The quantitative estimate of drug-likeness (QED) is 0.0823. The molecule has 0 aliphatic heterocycles. The Morgan fingerprint density at radius 1 is 0.800 bits per heavy atom. The third-order valence-electron chi connectivity index (χ3n) is 5.68. The highest BCUT2D eigenvalue weighted by Crippen LogP contribution is 2.29. The molecule has 0 fully saturated rings. The average molecular weight is 554 g/mol. The maximum atomic E-state index is 13.5. The number of carbonyl (C=O) groups is 2. The Labute approximate surface area is 227 Å². The van der Waals surface area contributed by atoms with Crippen molar-refractivity contribution in [1.29, 1.82) is 0 Å². The van der Waals surface area contributed by atoms with Gasteiger partial charge in [-0.05, 0) is 66.1 Å². The van der Waals surface area contributed by atoms with E-state index in [1.54, 1.807) is 60.8 Å². The predicted octanol–water partition coefficient (Wildman–Crippen LogP) is 6.90. The lowest BCUT2D eigenvalue weighted by molar-refractivity contribution is -0.253. The molecule has 3 aromatic carbocycles. The Morgan fingerprint density at radius 3 is 2.17 bits per heavy atom. The first-order valence-electron chi connectivity index (χ1n) is 12.1. The third-order valence-corrected chi connectivity index (χ3v) is 5.68. The van der Waals surface area contributed by atoms with Gasteiger partial charge < -0.3 is 14.2 Å². The molecule has 1 unspecified atom stereocenters. The second kappa shape index (κ2) is 12.9. The first kappa shape index (κ1) is 28.3. The Morgan fingerprint density at radius 2 is 1.50 bits per heavy atom. The van der Waals surface area contributed by atoms with Crippen LogP contribution in [0, 0.1) is 5.92 Å². The van der Waals surface area contributed by atoms with E-state index in [0.29, 0.717) is 17.1 Å². The van der Waals surface area contributed by atoms with E-state index >= 15 is 0 Å². The summed E-state index contributed by atoms with van der Waals surface area (Å²) in [5.41, 5.74) is 1.11. The van der Waals surface area contributed by atoms with Crippen LogP contribution < -0.4 is 9.47 Å². The zero-order valence-electron chi connectivity index (χ0n) is 20.9. The Bertz CT molecular complexity index is 1420. The van der Waals surface area contributed by atoms with Crippen LogP contribution in [0.4, 0.5) is 17.6 Å². The molecule has 10 heteroatoms. The van der Waals surface area contributed by atoms with Crippen LogP contribution in [0.3, 0.4) is 0 Å². The van der Waals surface area contributed by atoms with E-state index in [1.165, 1.54) is 30.5 Å². The van der Waals surface area contributed by atoms with Gasteiger partial charge in [0.1, 0.15) is 29.8 Å². The van der Waals surface area contributed by atoms with Crippen LogP contribution in [0.2, 0.25) is 0 Å². The van der Waals surface area contributed by atoms with Gasteiger partial charge in [0.15, 0.2) is 5.78 Å². The van der Waals surface area contributed by atoms with Crippen molar-refractivity contribution in [2.75, 3.05) is 0 Å². The Kier molecular flexibility index (Phi) is 9.11. The largest absolute Gasteiger partial charge is 0.461 e. The molecule has 0 N–H and O–H groups in total. The fourth-order valence-electron chi connectivity index (χ4n) is 3.72. The molecule has 4 rings (SSSR count). The van der Waals surface area contributed by atoms with Gasteiger partial charge in [-0.1, -0.05) is 42.5 Å². The minimum Gasteiger partial charge on any atom is -0.460 e. The molecule has 40 heavy (non-hydrogen) atoms. The van der Waals surface area contributed by atoms with Crippen LogP contribution in [0.15, 0.2) is 103 Å². The van der Waals surface area contributed by atoms with Crippen LogP contribution in [0.5, 0.6) is 17.2 Å². The van der Waals surface area contributed by atoms with Gasteiger partial charge in [-0.3, -0.25) is 14.6 Å². The number of nitrogens with zero attached hydrogens (tertiary/aromatic N) is 1. The monoisotopic (exact) mass is 553 g/mol. The van der Waals surface area contributed by atoms with Crippen molar-refractivity contribution >= 4 is 11.8 Å². The second-order valence-electron chi connectivity index (χ2n) is 8.64. The lowest BCUT2D eigenvalue weighted by Crippen LogP contribution is -2.33. The van der Waals surface area contributed by atoms with Crippen molar-refractivity contribution in [3.05, 3.63) is 120 Å². The van der Waals surface area contributed by atoms with E-state index in [2.05, 4.69) is 9.72 Å². The van der Waals surface area contributed by atoms with Gasteiger partial charge in [-0.2, -0.15) is 17.6 Å². The van der Waals surface area contributed by atoms with E-state index in [1.807, 2.05) is 0 Å². The van der Waals surface area contributed by atoms with Gasteiger partial charge in [0.2, 0.25) is 0 Å². The van der Waals surface area contributed by atoms with E-state index in [9.17, 15) is 27.2 Å². The van der Waals surface area contributed by atoms with Crippen molar-refractivity contribution in [3.63, 3.8) is 0 Å². The lowest BCUT2D eigenvalue weighted by Gasteiger charge is -2.19. The molecule has 4 aromatic rings. The van der Waals surface area contributed by atoms with Gasteiger partial charge in [0.25, 0.3) is 0 Å². The van der Waals surface area contributed by atoms with Crippen LogP contribution in [-0.2, 0) is 22.6 Å². The number of hydrogen-bond donors (Lipinski definition) is 0. The number of Topliss-reactive ketones (excluding diaryl/α,β-unsaturated/α-hetero) is 1. The SMILES string of the molecule is O=C(OCc1ccccc1)C(Cc1cccc(OC(F)(F)C(F)F)c1)C(=O)c1ccc(Oc2cccnc2)cc1. The van der Waals surface area contributed by atoms with Crippen LogP contribution >= 0.6 is 0 Å². The summed E-state index contributed by atoms with van der Waals surface area (Å²) >= 11 is 0. The van der Waals surface area contributed by atoms with Gasteiger partial charge in [0.05, 0.1) is 6.20 Å². The minimum absolute atomic E-state index is 0.0922. The molecule has 0 saturated carbocycles. The molecule has 206 valence electrons. The zero-order valence-corrected chi connectivity index (χ0v) is 20.9. The average Bonchev–Trinajstić information content (AvgIpc) is 2.96. The van der Waals surface area contributed by atoms with Crippen molar-refractivity contribution in [3.8, 4) is 17.2 Å². The molecule has 0 saturated heterocycles. The summed E-state index contributed by atoms with van der Waals surface area (Å²) in [4.78, 5) is 30.6. The summed E-state index contributed by atoms with van der Waals surface area (Å²) in [7, 11) is 0. The number of carbonyl (C=O) groups excluding carboxylic acids is 2. The number of ketones is 1. The molecule has 1 atom stereocenters. The van der Waals surface area contributed by atoms with E-state index < -0.39 is 36.0 Å². The van der Waals surface area contributed by atoms with Crippen LogP contribution in [0.25, 0.3) is 0 Å². The van der Waals surface area contributed by atoms with Gasteiger partial charge in [-0.25, -0.2) is 0 Å². The fraction of sp³-hybridized carbons (Fsp3) is 0.167. The number of alkyl halides is 4. The number of benzene rings is 3. The topological polar surface area (TPSA) is 74.7 Å². The number of halogens is 4. The molecule has 0 amide bonds. The summed E-state index contributed by atoms with van der Waals surface area (Å²) in [6.45, 7) is -0.0922. The van der Waals surface area contributed by atoms with Gasteiger partial charge in [-0.15, -0.1) is 0 Å². The number of rotatable bonds is 12. The minimum atomic E-state index is -4.71. The van der Waals surface area contributed by atoms with Crippen LogP contribution in [0.1, 0.15) is 21.5 Å². The Balaban J connectivity index is 1.54. The molecule has 1 aromatic heterocycles. The van der Waals surface area contributed by atoms with Gasteiger partial charge in [0, 0.05) is 11.8 Å². The standard InChI is InChI=1S/C30H23F4NO5/c31-29(32)30(33,34)40-24-9-4-8-21(16-24)17-26(28(37)38-19-20-6-2-1-3-7-20)27(36)22-11-13-23(14-12-22)39-25-10-5-15-35-18-25/h1-16,18,26,29H,17,19H2. The lowest BCUT2D eigenvalue weighted by atomic mass is 9.91. The number of ether oxygens (including phenoxy) is 3. The molecule has 0 aliphatic rings. The summed E-state index contributed by atoms with van der Waals surface area (Å²) < 4.78 is 67.3. The summed E-state index contributed by atoms with van der Waals surface area (Å²) in [6, 6.07) is 23.2. The predicted molar refractivity (Wildman–Crippen MR) is 137 cm³/mol. The molecule has 1 heterocycles. The molecule has 6 nitrogen and oxygen atoms in total. The first-order valence-corrected chi connectivity index (χ1v) is 12.1. The number of aromatic nitrogens is 1. The molecule has 0 bridgehead atoms. The van der Waals surface area contributed by atoms with E-state index in [-0.39, 0.29) is 24.2 Å². The maximum absolute atomic E-state index is 13.5. The fourth-order valence-corrected chi connectivity index (χ4v) is 3.72. The number of pyridine rings is 1. The molecule has 0 spiro atoms. The smallest absolute Gasteiger partial charge is 0.460 e. The van der Waals surface area contributed by atoms with Gasteiger partial charge >= 0.3 is 18.5 Å². The second-order valence-corrected chi connectivity index (χ2v) is 8.64. The normalized spacial score (nSPS) is 12.0. The molecular formula is C30H23F4NO5. The molecule has 0 aliphatic carbocycles. The number of esters is 1. The third kappa shape index (κ3) is 7.66. The van der Waals surface area contributed by atoms with E-state index in [4.69, 9.17) is 9.47 Å². The summed E-state index contributed by atoms with van der Waals surface area (Å²) in [5, 5.41) is 0. The summed E-state index contributed by atoms with van der Waals surface area (Å²) in [5.74, 6) is -2.41. The van der Waals surface area contributed by atoms with Crippen molar-refractivity contribution < 1.29 is 41.4 Å². The maximum Gasteiger partial charge on any atom is 0.461 e. The first-order chi connectivity index (χ1) is 19.2. The van der Waals surface area contributed by atoms with Crippen molar-refractivity contribution in [2.24, 2.45) is 5.92 Å². The number of hydrogen-bond acceptors (Lipinski definition) is 6. The highest BCUT2D eigenvalue weighted by atomic mass is 19.3. The Hall–Kier alpha value is -4.73. The van der Waals surface area contributed by atoms with Crippen molar-refractivity contribution in [1.82, 2.24) is 4.98 Å². The van der Waals surface area contributed by atoms with Crippen LogP contribution in [-0.4, -0.2) is 29.3 Å². The summed E-state index contributed by atoms with van der Waals surface area (Å²) in [6.07, 6.45) is -5.88. The molecule has 0 radical (unpaired) electrons.